The van der Waals surface area contributed by atoms with Gasteiger partial charge in [-0.05, 0) is 26.0 Å². The van der Waals surface area contributed by atoms with Crippen molar-refractivity contribution in [3.8, 4) is 0 Å². The lowest BCUT2D eigenvalue weighted by atomic mass is 10.2. The minimum absolute atomic E-state index is 0.0302. The Balaban J connectivity index is 1.74. The highest BCUT2D eigenvalue weighted by Gasteiger charge is 2.19. The maximum absolute atomic E-state index is 11.9. The van der Waals surface area contributed by atoms with E-state index in [1.165, 1.54) is 0 Å². The van der Waals surface area contributed by atoms with Gasteiger partial charge in [-0.15, -0.1) is 0 Å². The molecule has 2 aromatic heterocycles. The van der Waals surface area contributed by atoms with E-state index in [0.717, 1.165) is 5.52 Å². The molecule has 102 valence electrons. The van der Waals surface area contributed by atoms with Crippen molar-refractivity contribution in [1.29, 1.82) is 0 Å². The highest BCUT2D eigenvalue weighted by molar-refractivity contribution is 5.91. The van der Waals surface area contributed by atoms with Crippen LogP contribution >= 0.6 is 0 Å². The first kappa shape index (κ1) is 12.4. The van der Waals surface area contributed by atoms with Crippen LogP contribution in [0.3, 0.4) is 0 Å². The Morgan fingerprint density at radius 3 is 2.80 bits per heavy atom. The number of esters is 1. The minimum atomic E-state index is -0.497. The lowest BCUT2D eigenvalue weighted by molar-refractivity contribution is 0.0437. The monoisotopic (exact) mass is 272 g/mol. The molecule has 6 heteroatoms. The number of nitrogens with zero attached hydrogens (tertiary/aromatic N) is 2. The fraction of sp³-hybridized carbons (Fsp3) is 0.214. The van der Waals surface area contributed by atoms with Gasteiger partial charge in [-0.2, -0.15) is 0 Å². The van der Waals surface area contributed by atoms with Gasteiger partial charge in [0.1, 0.15) is 16.8 Å². The molecule has 1 aromatic carbocycles. The highest BCUT2D eigenvalue weighted by atomic mass is 16.5. The van der Waals surface area contributed by atoms with E-state index in [1.807, 2.05) is 24.3 Å². The molecule has 0 N–H and O–H groups in total. The standard InChI is InChI=1S/C14H12N2O4/c1-8-13(9(2)20-16-8)14(17)18-7-12-15-10-5-3-4-6-11(10)19-12/h3-6H,7H2,1-2H3. The molecule has 0 bridgehead atoms. The third kappa shape index (κ3) is 2.16. The van der Waals surface area contributed by atoms with Crippen molar-refractivity contribution in [2.24, 2.45) is 0 Å². The van der Waals surface area contributed by atoms with Gasteiger partial charge in [0.15, 0.2) is 12.2 Å². The van der Waals surface area contributed by atoms with E-state index in [9.17, 15) is 4.79 Å². The number of oxazole rings is 1. The van der Waals surface area contributed by atoms with Crippen molar-refractivity contribution >= 4 is 17.1 Å². The minimum Gasteiger partial charge on any atom is -0.452 e. The average Bonchev–Trinajstić information content (AvgIpc) is 2.99. The molecule has 0 radical (unpaired) electrons. The van der Waals surface area contributed by atoms with Gasteiger partial charge >= 0.3 is 5.97 Å². The van der Waals surface area contributed by atoms with Gasteiger partial charge in [-0.25, -0.2) is 9.78 Å². The van der Waals surface area contributed by atoms with Crippen LogP contribution in [0.15, 0.2) is 33.2 Å². The number of hydrogen-bond donors (Lipinski definition) is 0. The summed E-state index contributed by atoms with van der Waals surface area (Å²) in [4.78, 5) is 16.2. The van der Waals surface area contributed by atoms with Crippen LogP contribution in [-0.2, 0) is 11.3 Å². The third-order valence-electron chi connectivity index (χ3n) is 2.90. The van der Waals surface area contributed by atoms with Crippen LogP contribution in [0.2, 0.25) is 0 Å². The third-order valence-corrected chi connectivity index (χ3v) is 2.90. The second kappa shape index (κ2) is 4.80. The molecule has 0 saturated carbocycles. The number of carbonyl (C=O) groups is 1. The summed E-state index contributed by atoms with van der Waals surface area (Å²) >= 11 is 0. The van der Waals surface area contributed by atoms with Crippen molar-refractivity contribution in [2.45, 2.75) is 20.5 Å². The zero-order valence-electron chi connectivity index (χ0n) is 11.0. The van der Waals surface area contributed by atoms with E-state index in [-0.39, 0.29) is 6.61 Å². The first-order valence-electron chi connectivity index (χ1n) is 6.09. The molecule has 0 fully saturated rings. The predicted octanol–water partition coefficient (Wildman–Crippen LogP) is 2.79. The highest BCUT2D eigenvalue weighted by Crippen LogP contribution is 2.17. The van der Waals surface area contributed by atoms with E-state index in [4.69, 9.17) is 13.7 Å². The largest absolute Gasteiger partial charge is 0.452 e. The van der Waals surface area contributed by atoms with E-state index in [2.05, 4.69) is 10.1 Å². The molecular formula is C14H12N2O4. The molecule has 0 amide bonds. The van der Waals surface area contributed by atoms with Gasteiger partial charge in [-0.1, -0.05) is 17.3 Å². The lowest BCUT2D eigenvalue weighted by Gasteiger charge is -2.00. The summed E-state index contributed by atoms with van der Waals surface area (Å²) in [6.45, 7) is 3.32. The number of aromatic nitrogens is 2. The molecule has 0 spiro atoms. The van der Waals surface area contributed by atoms with Crippen LogP contribution in [0, 0.1) is 13.8 Å². The van der Waals surface area contributed by atoms with Crippen molar-refractivity contribution in [3.05, 3.63) is 47.2 Å². The van der Waals surface area contributed by atoms with Crippen LogP contribution in [0.25, 0.3) is 11.1 Å². The van der Waals surface area contributed by atoms with Crippen molar-refractivity contribution in [1.82, 2.24) is 10.1 Å². The molecule has 6 nitrogen and oxygen atoms in total. The van der Waals surface area contributed by atoms with Gasteiger partial charge in [0.25, 0.3) is 0 Å². The topological polar surface area (TPSA) is 78.4 Å². The number of ether oxygens (including phenoxy) is 1. The van der Waals surface area contributed by atoms with Crippen LogP contribution in [-0.4, -0.2) is 16.1 Å². The summed E-state index contributed by atoms with van der Waals surface area (Å²) in [5.41, 5.74) is 2.25. The van der Waals surface area contributed by atoms with Gasteiger partial charge < -0.3 is 13.7 Å². The number of aryl methyl sites for hydroxylation is 2. The van der Waals surface area contributed by atoms with Gasteiger partial charge in [-0.3, -0.25) is 0 Å². The molecule has 0 unspecified atom stereocenters. The average molecular weight is 272 g/mol. The second-order valence-electron chi connectivity index (χ2n) is 4.35. The van der Waals surface area contributed by atoms with E-state index < -0.39 is 5.97 Å². The smallest absolute Gasteiger partial charge is 0.344 e. The van der Waals surface area contributed by atoms with E-state index in [0.29, 0.717) is 28.5 Å². The Morgan fingerprint density at radius 2 is 2.10 bits per heavy atom. The molecule has 0 saturated heterocycles. The summed E-state index contributed by atoms with van der Waals surface area (Å²) in [6, 6.07) is 7.36. The molecule has 20 heavy (non-hydrogen) atoms. The van der Waals surface area contributed by atoms with Gasteiger partial charge in [0.2, 0.25) is 5.89 Å². The number of rotatable bonds is 3. The Hall–Kier alpha value is -2.63. The number of hydrogen-bond acceptors (Lipinski definition) is 6. The molecular weight excluding hydrogens is 260 g/mol. The fourth-order valence-corrected chi connectivity index (χ4v) is 1.96. The Labute approximate surface area is 114 Å². The lowest BCUT2D eigenvalue weighted by Crippen LogP contribution is -2.07. The first-order chi connectivity index (χ1) is 9.65. The molecule has 2 heterocycles. The Morgan fingerprint density at radius 1 is 1.30 bits per heavy atom. The van der Waals surface area contributed by atoms with Crippen LogP contribution in [0.5, 0.6) is 0 Å². The first-order valence-corrected chi connectivity index (χ1v) is 6.09. The quantitative estimate of drug-likeness (QED) is 0.682. The maximum Gasteiger partial charge on any atom is 0.344 e. The fourth-order valence-electron chi connectivity index (χ4n) is 1.96. The summed E-state index contributed by atoms with van der Waals surface area (Å²) in [5.74, 6) is 0.292. The van der Waals surface area contributed by atoms with Crippen LogP contribution < -0.4 is 0 Å². The zero-order chi connectivity index (χ0) is 14.1. The van der Waals surface area contributed by atoms with Crippen LogP contribution in [0.1, 0.15) is 27.7 Å². The van der Waals surface area contributed by atoms with Gasteiger partial charge in [0.05, 0.1) is 5.69 Å². The number of para-hydroxylation sites is 2. The molecule has 0 aliphatic rings. The van der Waals surface area contributed by atoms with Crippen molar-refractivity contribution in [2.75, 3.05) is 0 Å². The van der Waals surface area contributed by atoms with Crippen molar-refractivity contribution in [3.63, 3.8) is 0 Å². The zero-order valence-corrected chi connectivity index (χ0v) is 11.0. The van der Waals surface area contributed by atoms with E-state index >= 15 is 0 Å². The normalized spacial score (nSPS) is 10.9. The van der Waals surface area contributed by atoms with Gasteiger partial charge in [0, 0.05) is 0 Å². The maximum atomic E-state index is 11.9. The van der Waals surface area contributed by atoms with Crippen molar-refractivity contribution < 1.29 is 18.5 Å². The number of fused-ring (bicyclic) bond motifs is 1. The number of carbonyl (C=O) groups excluding carboxylic acids is 1. The molecule has 0 aliphatic heterocycles. The molecule has 3 aromatic rings. The summed E-state index contributed by atoms with van der Waals surface area (Å²) < 4.78 is 15.6. The Bertz CT molecular complexity index is 720. The molecule has 0 atom stereocenters. The molecule has 0 aliphatic carbocycles. The second-order valence-corrected chi connectivity index (χ2v) is 4.35. The van der Waals surface area contributed by atoms with E-state index in [1.54, 1.807) is 13.8 Å². The predicted molar refractivity (Wildman–Crippen MR) is 69.1 cm³/mol. The summed E-state index contributed by atoms with van der Waals surface area (Å²) in [6.07, 6.45) is 0. The summed E-state index contributed by atoms with van der Waals surface area (Å²) in [5, 5.41) is 3.71. The molecule has 3 rings (SSSR count). The number of benzene rings is 1. The SMILES string of the molecule is Cc1noc(C)c1C(=O)OCc1nc2ccccc2o1. The van der Waals surface area contributed by atoms with Crippen LogP contribution in [0.4, 0.5) is 0 Å². The Kier molecular flexibility index (Phi) is 2.98. The summed E-state index contributed by atoms with van der Waals surface area (Å²) in [7, 11) is 0.